The fraction of sp³-hybridized carbons (Fsp3) is 0.0870. The van der Waals surface area contributed by atoms with E-state index in [2.05, 4.69) is 0 Å². The van der Waals surface area contributed by atoms with Gasteiger partial charge in [-0.1, -0.05) is 30.3 Å². The van der Waals surface area contributed by atoms with Crippen molar-refractivity contribution in [3.8, 4) is 21.9 Å². The molecule has 0 unspecified atom stereocenters. The SMILES string of the molecule is COc1cccc(C(=O)c2c(-c3ccc(OC)cc3[N+](=O)[O-])sc3ccccc23)c1. The number of hydrogen-bond donors (Lipinski definition) is 0. The van der Waals surface area contributed by atoms with Crippen LogP contribution in [0.3, 0.4) is 0 Å². The van der Waals surface area contributed by atoms with E-state index in [0.29, 0.717) is 33.1 Å². The van der Waals surface area contributed by atoms with Crippen molar-refractivity contribution >= 4 is 32.9 Å². The van der Waals surface area contributed by atoms with Gasteiger partial charge < -0.3 is 9.47 Å². The van der Waals surface area contributed by atoms with Crippen molar-refractivity contribution in [3.63, 3.8) is 0 Å². The number of nitrogens with zero attached hydrogens (tertiary/aromatic N) is 1. The molecule has 0 amide bonds. The first-order chi connectivity index (χ1) is 14.5. The van der Waals surface area contributed by atoms with Crippen LogP contribution in [0.2, 0.25) is 0 Å². The van der Waals surface area contributed by atoms with Gasteiger partial charge >= 0.3 is 0 Å². The second kappa shape index (κ2) is 7.96. The Morgan fingerprint density at radius 3 is 2.40 bits per heavy atom. The summed E-state index contributed by atoms with van der Waals surface area (Å²) in [7, 11) is 2.99. The number of rotatable bonds is 6. The third-order valence-electron chi connectivity index (χ3n) is 4.80. The van der Waals surface area contributed by atoms with E-state index in [9.17, 15) is 14.9 Å². The average molecular weight is 419 g/mol. The highest BCUT2D eigenvalue weighted by Gasteiger charge is 2.26. The first-order valence-corrected chi connectivity index (χ1v) is 9.88. The molecule has 0 atom stereocenters. The Bertz CT molecular complexity index is 1280. The van der Waals surface area contributed by atoms with E-state index in [0.717, 1.165) is 10.1 Å². The molecule has 30 heavy (non-hydrogen) atoms. The van der Waals surface area contributed by atoms with Crippen molar-refractivity contribution in [2.45, 2.75) is 0 Å². The molecular weight excluding hydrogens is 402 g/mol. The number of methoxy groups -OCH3 is 2. The normalized spacial score (nSPS) is 10.7. The van der Waals surface area contributed by atoms with Gasteiger partial charge in [0.1, 0.15) is 11.5 Å². The molecule has 6 nitrogen and oxygen atoms in total. The topological polar surface area (TPSA) is 78.7 Å². The quantitative estimate of drug-likeness (QED) is 0.227. The summed E-state index contributed by atoms with van der Waals surface area (Å²) >= 11 is 1.36. The van der Waals surface area contributed by atoms with Crippen LogP contribution >= 0.6 is 11.3 Å². The molecule has 150 valence electrons. The minimum Gasteiger partial charge on any atom is -0.497 e. The number of benzene rings is 3. The maximum absolute atomic E-state index is 13.5. The molecule has 0 fully saturated rings. The standard InChI is InChI=1S/C23H17NO5S/c1-28-15-7-5-6-14(12-15)22(25)21-18-8-3-4-9-20(18)30-23(21)17-11-10-16(29-2)13-19(17)24(26)27/h3-13H,1-2H3. The van der Waals surface area contributed by atoms with Crippen LogP contribution in [0.25, 0.3) is 20.5 Å². The lowest BCUT2D eigenvalue weighted by molar-refractivity contribution is -0.384. The van der Waals surface area contributed by atoms with Crippen molar-refractivity contribution in [3.05, 3.63) is 88.0 Å². The molecule has 0 radical (unpaired) electrons. The molecule has 4 rings (SSSR count). The van der Waals surface area contributed by atoms with E-state index in [-0.39, 0.29) is 11.5 Å². The summed E-state index contributed by atoms with van der Waals surface area (Å²) < 4.78 is 11.3. The van der Waals surface area contributed by atoms with Gasteiger partial charge in [-0.05, 0) is 30.3 Å². The summed E-state index contributed by atoms with van der Waals surface area (Å²) in [6, 6.07) is 19.0. The largest absolute Gasteiger partial charge is 0.497 e. The Labute approximate surface area is 176 Å². The van der Waals surface area contributed by atoms with Crippen LogP contribution in [0.4, 0.5) is 5.69 Å². The molecular formula is C23H17NO5S. The van der Waals surface area contributed by atoms with Crippen molar-refractivity contribution < 1.29 is 19.2 Å². The Hall–Kier alpha value is -3.71. The van der Waals surface area contributed by atoms with Crippen molar-refractivity contribution in [1.82, 2.24) is 0 Å². The van der Waals surface area contributed by atoms with Crippen LogP contribution in [0.5, 0.6) is 11.5 Å². The third kappa shape index (κ3) is 3.40. The minimum absolute atomic E-state index is 0.111. The van der Waals surface area contributed by atoms with E-state index in [1.165, 1.54) is 31.6 Å². The number of fused-ring (bicyclic) bond motifs is 1. The highest BCUT2D eigenvalue weighted by molar-refractivity contribution is 7.22. The summed E-state index contributed by atoms with van der Waals surface area (Å²) in [5.41, 5.74) is 1.17. The predicted molar refractivity (Wildman–Crippen MR) is 117 cm³/mol. The van der Waals surface area contributed by atoms with Gasteiger partial charge in [-0.2, -0.15) is 0 Å². The maximum atomic E-state index is 13.5. The number of ketones is 1. The van der Waals surface area contributed by atoms with Gasteiger partial charge in [0.2, 0.25) is 0 Å². The molecule has 7 heteroatoms. The number of hydrogen-bond acceptors (Lipinski definition) is 6. The van der Waals surface area contributed by atoms with Crippen molar-refractivity contribution in [2.75, 3.05) is 14.2 Å². The molecule has 0 saturated heterocycles. The molecule has 0 aliphatic rings. The number of carbonyl (C=O) groups excluding carboxylic acids is 1. The lowest BCUT2D eigenvalue weighted by Crippen LogP contribution is -2.03. The molecule has 0 bridgehead atoms. The minimum atomic E-state index is -0.456. The summed E-state index contributed by atoms with van der Waals surface area (Å²) in [6.45, 7) is 0. The number of carbonyl (C=O) groups is 1. The highest BCUT2D eigenvalue weighted by Crippen LogP contribution is 2.44. The molecule has 0 saturated carbocycles. The molecule has 1 heterocycles. The third-order valence-corrected chi connectivity index (χ3v) is 6.00. The van der Waals surface area contributed by atoms with Crippen LogP contribution in [0.15, 0.2) is 66.7 Å². The summed E-state index contributed by atoms with van der Waals surface area (Å²) in [5, 5.41) is 12.5. The van der Waals surface area contributed by atoms with Crippen LogP contribution in [0, 0.1) is 10.1 Å². The smallest absolute Gasteiger partial charge is 0.281 e. The van der Waals surface area contributed by atoms with Gasteiger partial charge in [0, 0.05) is 21.2 Å². The fourth-order valence-electron chi connectivity index (χ4n) is 3.35. The molecule has 0 aliphatic heterocycles. The van der Waals surface area contributed by atoms with Crippen LogP contribution in [-0.2, 0) is 0 Å². The second-order valence-corrected chi connectivity index (χ2v) is 7.56. The molecule has 0 spiro atoms. The van der Waals surface area contributed by atoms with Gasteiger partial charge in [-0.25, -0.2) is 0 Å². The molecule has 1 aromatic heterocycles. The first kappa shape index (κ1) is 19.6. The van der Waals surface area contributed by atoms with Gasteiger partial charge in [0.15, 0.2) is 5.78 Å². The molecule has 0 N–H and O–H groups in total. The predicted octanol–water partition coefficient (Wildman–Crippen LogP) is 5.72. The van der Waals surface area contributed by atoms with Crippen molar-refractivity contribution in [2.24, 2.45) is 0 Å². The summed E-state index contributed by atoms with van der Waals surface area (Å²) in [5.74, 6) is 0.732. The van der Waals surface area contributed by atoms with Crippen LogP contribution < -0.4 is 9.47 Å². The molecule has 4 aromatic rings. The van der Waals surface area contributed by atoms with Gasteiger partial charge in [0.05, 0.1) is 35.6 Å². The zero-order valence-electron chi connectivity index (χ0n) is 16.2. The van der Waals surface area contributed by atoms with E-state index >= 15 is 0 Å². The number of nitro groups is 1. The lowest BCUT2D eigenvalue weighted by Gasteiger charge is -2.08. The Morgan fingerprint density at radius 1 is 0.933 bits per heavy atom. The highest BCUT2D eigenvalue weighted by atomic mass is 32.1. The number of thiophene rings is 1. The van der Waals surface area contributed by atoms with Gasteiger partial charge in [0.25, 0.3) is 5.69 Å². The Kier molecular flexibility index (Phi) is 5.20. The zero-order chi connectivity index (χ0) is 21.3. The Balaban J connectivity index is 1.99. The monoisotopic (exact) mass is 419 g/mol. The average Bonchev–Trinajstić information content (AvgIpc) is 3.17. The van der Waals surface area contributed by atoms with E-state index in [4.69, 9.17) is 9.47 Å². The van der Waals surface area contributed by atoms with Crippen LogP contribution in [0.1, 0.15) is 15.9 Å². The second-order valence-electron chi connectivity index (χ2n) is 6.50. The first-order valence-electron chi connectivity index (χ1n) is 9.06. The summed E-state index contributed by atoms with van der Waals surface area (Å²) in [4.78, 5) is 25.4. The van der Waals surface area contributed by atoms with E-state index in [1.807, 2.05) is 24.3 Å². The van der Waals surface area contributed by atoms with Gasteiger partial charge in [-0.15, -0.1) is 11.3 Å². The van der Waals surface area contributed by atoms with Gasteiger partial charge in [-0.3, -0.25) is 14.9 Å². The number of ether oxygens (including phenoxy) is 2. The van der Waals surface area contributed by atoms with Crippen LogP contribution in [-0.4, -0.2) is 24.9 Å². The zero-order valence-corrected chi connectivity index (χ0v) is 17.1. The summed E-state index contributed by atoms with van der Waals surface area (Å²) in [6.07, 6.45) is 0. The van der Waals surface area contributed by atoms with Crippen molar-refractivity contribution in [1.29, 1.82) is 0 Å². The van der Waals surface area contributed by atoms with E-state index in [1.54, 1.807) is 36.4 Å². The maximum Gasteiger partial charge on any atom is 0.281 e. The van der Waals surface area contributed by atoms with E-state index < -0.39 is 4.92 Å². The fourth-order valence-corrected chi connectivity index (χ4v) is 4.58. The molecule has 0 aliphatic carbocycles. The molecule has 3 aromatic carbocycles. The Morgan fingerprint density at radius 2 is 1.67 bits per heavy atom. The lowest BCUT2D eigenvalue weighted by atomic mass is 9.97. The number of nitro benzene ring substituents is 1.